The summed E-state index contributed by atoms with van der Waals surface area (Å²) < 4.78 is 31.7. The number of fused-ring (bicyclic) bond motifs is 2. The van der Waals surface area contributed by atoms with E-state index in [-0.39, 0.29) is 33.2 Å². The van der Waals surface area contributed by atoms with Gasteiger partial charge in [-0.1, -0.05) is 47.7 Å². The molecule has 1 aliphatic rings. The van der Waals surface area contributed by atoms with Crippen molar-refractivity contribution in [2.75, 3.05) is 12.0 Å². The summed E-state index contributed by atoms with van der Waals surface area (Å²) in [7, 11) is 1.49. The van der Waals surface area contributed by atoms with Gasteiger partial charge in [0.2, 0.25) is 5.76 Å². The molecule has 0 spiro atoms. The Morgan fingerprint density at radius 2 is 1.85 bits per heavy atom. The van der Waals surface area contributed by atoms with Crippen molar-refractivity contribution >= 4 is 39.1 Å². The Bertz CT molecular complexity index is 1900. The molecule has 10 heteroatoms. The molecule has 0 N–H and O–H groups in total. The molecular weight excluding hydrogens is 547 g/mol. The van der Waals surface area contributed by atoms with Gasteiger partial charge in [-0.15, -0.1) is 0 Å². The van der Waals surface area contributed by atoms with Crippen molar-refractivity contribution in [1.82, 2.24) is 4.98 Å². The molecular formula is C31H23FN2O6S. The van der Waals surface area contributed by atoms with Gasteiger partial charge in [0, 0.05) is 6.92 Å². The molecule has 41 heavy (non-hydrogen) atoms. The van der Waals surface area contributed by atoms with Gasteiger partial charge in [0.25, 0.3) is 5.91 Å². The van der Waals surface area contributed by atoms with Gasteiger partial charge in [-0.05, 0) is 48.4 Å². The van der Waals surface area contributed by atoms with Crippen LogP contribution in [0, 0.1) is 12.7 Å². The van der Waals surface area contributed by atoms with Gasteiger partial charge in [0.15, 0.2) is 27.8 Å². The normalized spacial score (nSPS) is 14.4. The first-order chi connectivity index (χ1) is 19.8. The van der Waals surface area contributed by atoms with Crippen LogP contribution in [0.5, 0.6) is 11.5 Å². The number of Topliss-reactive ketones (excluding diaryl/α,β-unsaturated/α-hetero) is 1. The summed E-state index contributed by atoms with van der Waals surface area (Å²) >= 11 is 1.05. The number of ketones is 1. The molecule has 8 nitrogen and oxygen atoms in total. The second-order valence-corrected chi connectivity index (χ2v) is 10.5. The highest BCUT2D eigenvalue weighted by atomic mass is 32.1. The minimum absolute atomic E-state index is 0.0120. The van der Waals surface area contributed by atoms with E-state index in [9.17, 15) is 18.8 Å². The van der Waals surface area contributed by atoms with E-state index >= 15 is 0 Å². The zero-order valence-corrected chi connectivity index (χ0v) is 23.1. The number of benzene rings is 3. The number of carbonyl (C=O) groups is 2. The first-order valence-electron chi connectivity index (χ1n) is 12.7. The number of aromatic nitrogens is 1. The van der Waals surface area contributed by atoms with Crippen molar-refractivity contribution in [3.8, 4) is 11.5 Å². The van der Waals surface area contributed by atoms with Gasteiger partial charge in [-0.25, -0.2) is 9.37 Å². The van der Waals surface area contributed by atoms with Crippen LogP contribution in [0.3, 0.4) is 0 Å². The minimum Gasteiger partial charge on any atom is -0.493 e. The summed E-state index contributed by atoms with van der Waals surface area (Å²) in [5.41, 5.74) is 1.55. The van der Waals surface area contributed by atoms with E-state index < -0.39 is 23.2 Å². The number of aryl methyl sites for hydroxylation is 1. The highest BCUT2D eigenvalue weighted by Crippen LogP contribution is 2.45. The first kappa shape index (κ1) is 26.4. The van der Waals surface area contributed by atoms with Crippen LogP contribution in [0.4, 0.5) is 9.52 Å². The van der Waals surface area contributed by atoms with Crippen LogP contribution in [0.2, 0.25) is 0 Å². The lowest BCUT2D eigenvalue weighted by atomic mass is 9.98. The van der Waals surface area contributed by atoms with Crippen molar-refractivity contribution in [1.29, 1.82) is 0 Å². The molecule has 5 aromatic rings. The molecule has 3 heterocycles. The number of amides is 1. The first-order valence-corrected chi connectivity index (χ1v) is 13.5. The summed E-state index contributed by atoms with van der Waals surface area (Å²) in [5.74, 6) is -0.710. The van der Waals surface area contributed by atoms with E-state index in [2.05, 4.69) is 4.98 Å². The van der Waals surface area contributed by atoms with Crippen molar-refractivity contribution < 1.29 is 27.9 Å². The standard InChI is InChI=1S/C31H23FN2O6S/c1-16-29(17(2)35)41-31(33-16)34-26(25-27(36)21-14-20(32)10-12-22(21)40-28(25)30(34)37)19-9-11-23(24(13-19)38-3)39-15-18-7-5-4-6-8-18/h4-14,26H,15H2,1-3H3. The van der Waals surface area contributed by atoms with E-state index in [0.717, 1.165) is 29.0 Å². The lowest BCUT2D eigenvalue weighted by Crippen LogP contribution is -2.29. The third-order valence-electron chi connectivity index (χ3n) is 6.88. The lowest BCUT2D eigenvalue weighted by Gasteiger charge is -2.23. The fraction of sp³-hybridized carbons (Fsp3) is 0.161. The molecule has 1 amide bonds. The number of anilines is 1. The van der Waals surface area contributed by atoms with Gasteiger partial charge in [-0.2, -0.15) is 0 Å². The molecule has 1 unspecified atom stereocenters. The summed E-state index contributed by atoms with van der Waals surface area (Å²) in [6.45, 7) is 3.41. The molecule has 6 rings (SSSR count). The van der Waals surface area contributed by atoms with Crippen LogP contribution in [0.15, 0.2) is 75.9 Å². The van der Waals surface area contributed by atoms with Crippen LogP contribution < -0.4 is 19.8 Å². The van der Waals surface area contributed by atoms with Gasteiger partial charge in [0.1, 0.15) is 18.0 Å². The average molecular weight is 571 g/mol. The third kappa shape index (κ3) is 4.55. The maximum Gasteiger partial charge on any atom is 0.297 e. The van der Waals surface area contributed by atoms with E-state index in [1.165, 1.54) is 25.0 Å². The molecule has 1 aliphatic heterocycles. The fourth-order valence-corrected chi connectivity index (χ4v) is 5.97. The second-order valence-electron chi connectivity index (χ2n) is 9.54. The Balaban J connectivity index is 1.51. The molecule has 1 atom stereocenters. The number of carbonyl (C=O) groups excluding carboxylic acids is 2. The third-order valence-corrected chi connectivity index (χ3v) is 8.14. The smallest absolute Gasteiger partial charge is 0.297 e. The predicted molar refractivity (Wildman–Crippen MR) is 152 cm³/mol. The zero-order chi connectivity index (χ0) is 28.8. The molecule has 2 aromatic heterocycles. The van der Waals surface area contributed by atoms with Crippen LogP contribution in [0.25, 0.3) is 11.0 Å². The van der Waals surface area contributed by atoms with Crippen molar-refractivity contribution in [3.63, 3.8) is 0 Å². The summed E-state index contributed by atoms with van der Waals surface area (Å²) in [6, 6.07) is 17.3. The average Bonchev–Trinajstić information content (AvgIpc) is 3.50. The fourth-order valence-electron chi connectivity index (χ4n) is 4.98. The van der Waals surface area contributed by atoms with Gasteiger partial charge in [0.05, 0.1) is 34.7 Å². The molecule has 3 aromatic carbocycles. The van der Waals surface area contributed by atoms with Crippen LogP contribution in [-0.2, 0) is 6.61 Å². The largest absolute Gasteiger partial charge is 0.493 e. The van der Waals surface area contributed by atoms with Gasteiger partial charge in [-0.3, -0.25) is 19.3 Å². The van der Waals surface area contributed by atoms with Crippen molar-refractivity contribution in [2.45, 2.75) is 26.5 Å². The maximum absolute atomic E-state index is 14.1. The van der Waals surface area contributed by atoms with Crippen molar-refractivity contribution in [3.05, 3.63) is 116 Å². The summed E-state index contributed by atoms with van der Waals surface area (Å²) in [4.78, 5) is 46.1. The number of hydrogen-bond acceptors (Lipinski definition) is 8. The highest BCUT2D eigenvalue weighted by Gasteiger charge is 2.45. The van der Waals surface area contributed by atoms with Crippen LogP contribution in [-0.4, -0.2) is 23.8 Å². The van der Waals surface area contributed by atoms with E-state index in [4.69, 9.17) is 13.9 Å². The number of nitrogens with zero attached hydrogens (tertiary/aromatic N) is 2. The van der Waals surface area contributed by atoms with Gasteiger partial charge < -0.3 is 13.9 Å². The minimum atomic E-state index is -0.983. The Hall–Kier alpha value is -4.83. The molecule has 0 fully saturated rings. The van der Waals surface area contributed by atoms with E-state index in [1.807, 2.05) is 30.3 Å². The monoisotopic (exact) mass is 570 g/mol. The Morgan fingerprint density at radius 1 is 1.07 bits per heavy atom. The van der Waals surface area contributed by atoms with E-state index in [1.54, 1.807) is 25.1 Å². The van der Waals surface area contributed by atoms with Crippen molar-refractivity contribution in [2.24, 2.45) is 0 Å². The Kier molecular flexibility index (Phi) is 6.63. The number of hydrogen-bond donors (Lipinski definition) is 0. The second kappa shape index (κ2) is 10.3. The molecule has 0 bridgehead atoms. The van der Waals surface area contributed by atoms with Crippen LogP contribution in [0.1, 0.15) is 55.6 Å². The summed E-state index contributed by atoms with van der Waals surface area (Å²) in [5, 5.41) is 0.241. The predicted octanol–water partition coefficient (Wildman–Crippen LogP) is 6.24. The molecule has 206 valence electrons. The summed E-state index contributed by atoms with van der Waals surface area (Å²) in [6.07, 6.45) is 0. The van der Waals surface area contributed by atoms with E-state index in [0.29, 0.717) is 34.2 Å². The molecule has 0 radical (unpaired) electrons. The quantitative estimate of drug-likeness (QED) is 0.214. The van der Waals surface area contributed by atoms with Gasteiger partial charge >= 0.3 is 0 Å². The number of rotatable bonds is 7. The molecule has 0 aliphatic carbocycles. The Labute approximate surface area is 237 Å². The number of thiazole rings is 1. The maximum atomic E-state index is 14.1. The lowest BCUT2D eigenvalue weighted by molar-refractivity contribution is 0.0969. The number of halogens is 1. The number of ether oxygens (including phenoxy) is 2. The highest BCUT2D eigenvalue weighted by molar-refractivity contribution is 7.17. The van der Waals surface area contributed by atoms with Crippen LogP contribution >= 0.6 is 11.3 Å². The topological polar surface area (TPSA) is 98.9 Å². The molecule has 0 saturated carbocycles. The number of methoxy groups -OCH3 is 1. The molecule has 0 saturated heterocycles. The Morgan fingerprint density at radius 3 is 2.56 bits per heavy atom. The zero-order valence-electron chi connectivity index (χ0n) is 22.3. The SMILES string of the molecule is COc1cc(C2c3c(oc4ccc(F)cc4c3=O)C(=O)N2c2nc(C)c(C(C)=O)s2)ccc1OCc1ccccc1.